The van der Waals surface area contributed by atoms with E-state index in [2.05, 4.69) is 121 Å². The van der Waals surface area contributed by atoms with E-state index in [4.69, 9.17) is 0 Å². The fourth-order valence-electron chi connectivity index (χ4n) is 11.6. The zero-order valence-corrected chi connectivity index (χ0v) is 32.0. The molecule has 2 fully saturated rings. The van der Waals surface area contributed by atoms with Crippen LogP contribution in [0.2, 0.25) is 0 Å². The third kappa shape index (κ3) is 5.98. The van der Waals surface area contributed by atoms with E-state index in [1.165, 1.54) is 134 Å². The Hall–Kier alpha value is -4.68. The number of benzene rings is 6. The maximum Gasteiger partial charge on any atom is -0.00104 e. The lowest BCUT2D eigenvalue weighted by atomic mass is 9.64. The summed E-state index contributed by atoms with van der Waals surface area (Å²) in [5, 5.41) is 0. The highest BCUT2D eigenvalue weighted by molar-refractivity contribution is 6.05. The van der Waals surface area contributed by atoms with Gasteiger partial charge in [-0.3, -0.25) is 0 Å². The normalized spacial score (nSPS) is 17.4. The number of rotatable bonds is 6. The Bertz CT molecular complexity index is 2090. The molecule has 0 nitrogen and oxygen atoms in total. The van der Waals surface area contributed by atoms with Crippen LogP contribution >= 0.6 is 0 Å². The van der Waals surface area contributed by atoms with Crippen LogP contribution in [0.15, 0.2) is 121 Å². The van der Waals surface area contributed by atoms with E-state index >= 15 is 0 Å². The molecule has 0 N–H and O–H groups in total. The number of fused-ring (bicyclic) bond motifs is 3. The summed E-state index contributed by atoms with van der Waals surface area (Å²) in [6, 6.07) is 45.7. The second-order valence-corrected chi connectivity index (χ2v) is 16.9. The SMILES string of the molecule is c1ccc(-c2c3c(c(-c4ccccc4)c(-c4ccccc4)c2-c2ccccc2)Cc2c(c(C4CCCCC4)c4c(c2C2CCCCC2)CCCC4)C3)cc1. The third-order valence-electron chi connectivity index (χ3n) is 13.8. The van der Waals surface area contributed by atoms with Gasteiger partial charge in [0.15, 0.2) is 0 Å². The van der Waals surface area contributed by atoms with Gasteiger partial charge in [0.2, 0.25) is 0 Å². The van der Waals surface area contributed by atoms with Gasteiger partial charge in [0.25, 0.3) is 0 Å². The Labute approximate surface area is 323 Å². The van der Waals surface area contributed by atoms with Crippen molar-refractivity contribution < 1.29 is 0 Å². The highest BCUT2D eigenvalue weighted by Crippen LogP contribution is 2.55. The summed E-state index contributed by atoms with van der Waals surface area (Å²) in [6.45, 7) is 0. The Morgan fingerprint density at radius 1 is 0.278 bits per heavy atom. The van der Waals surface area contributed by atoms with E-state index in [0.29, 0.717) is 11.8 Å². The van der Waals surface area contributed by atoms with Gasteiger partial charge < -0.3 is 0 Å². The molecule has 6 aromatic carbocycles. The van der Waals surface area contributed by atoms with E-state index in [9.17, 15) is 0 Å². The van der Waals surface area contributed by atoms with Gasteiger partial charge >= 0.3 is 0 Å². The van der Waals surface area contributed by atoms with Crippen LogP contribution in [-0.4, -0.2) is 0 Å². The smallest absolute Gasteiger partial charge is 0.00104 e. The topological polar surface area (TPSA) is 0 Å². The monoisotopic (exact) mass is 702 g/mol. The maximum atomic E-state index is 2.39. The molecule has 0 saturated heterocycles. The minimum absolute atomic E-state index is 0.715. The van der Waals surface area contributed by atoms with Gasteiger partial charge in [-0.15, -0.1) is 0 Å². The molecule has 0 aromatic heterocycles. The summed E-state index contributed by atoms with van der Waals surface area (Å²) in [5.41, 5.74) is 25.0. The molecular formula is C54H54. The van der Waals surface area contributed by atoms with Crippen molar-refractivity contribution in [3.05, 3.63) is 166 Å². The summed E-state index contributed by atoms with van der Waals surface area (Å²) >= 11 is 0. The minimum Gasteiger partial charge on any atom is -0.0622 e. The molecular weight excluding hydrogens is 649 g/mol. The van der Waals surface area contributed by atoms with Crippen LogP contribution in [0.5, 0.6) is 0 Å². The van der Waals surface area contributed by atoms with Crippen LogP contribution in [0.1, 0.15) is 133 Å². The van der Waals surface area contributed by atoms with Crippen LogP contribution in [0.4, 0.5) is 0 Å². The maximum absolute atomic E-state index is 2.39. The van der Waals surface area contributed by atoms with Gasteiger partial charge in [-0.25, -0.2) is 0 Å². The molecule has 0 radical (unpaired) electrons. The minimum atomic E-state index is 0.715. The van der Waals surface area contributed by atoms with Crippen molar-refractivity contribution in [3.63, 3.8) is 0 Å². The molecule has 0 aliphatic heterocycles. The first-order valence-corrected chi connectivity index (χ1v) is 21.5. The first kappa shape index (κ1) is 33.9. The van der Waals surface area contributed by atoms with Crippen molar-refractivity contribution in [2.24, 2.45) is 0 Å². The summed E-state index contributed by atoms with van der Waals surface area (Å²) in [7, 11) is 0. The quantitative estimate of drug-likeness (QED) is 0.162. The summed E-state index contributed by atoms with van der Waals surface area (Å²) in [6.07, 6.45) is 21.3. The van der Waals surface area contributed by atoms with Crippen LogP contribution in [0.3, 0.4) is 0 Å². The molecule has 0 bridgehead atoms. The lowest BCUT2D eigenvalue weighted by molar-refractivity contribution is 0.428. The van der Waals surface area contributed by atoms with Gasteiger partial charge in [-0.1, -0.05) is 160 Å². The summed E-state index contributed by atoms with van der Waals surface area (Å²) in [5.74, 6) is 1.43. The highest BCUT2D eigenvalue weighted by Gasteiger charge is 2.37. The van der Waals surface area contributed by atoms with E-state index in [0.717, 1.165) is 12.8 Å². The van der Waals surface area contributed by atoms with E-state index in [-0.39, 0.29) is 0 Å². The molecule has 10 rings (SSSR count). The zero-order valence-electron chi connectivity index (χ0n) is 32.0. The predicted molar refractivity (Wildman–Crippen MR) is 229 cm³/mol. The van der Waals surface area contributed by atoms with E-state index < -0.39 is 0 Å². The van der Waals surface area contributed by atoms with Gasteiger partial charge in [0, 0.05) is 0 Å². The Balaban J connectivity index is 1.35. The van der Waals surface area contributed by atoms with Crippen molar-refractivity contribution in [1.82, 2.24) is 0 Å². The Morgan fingerprint density at radius 2 is 0.593 bits per heavy atom. The average molecular weight is 703 g/mol. The molecule has 270 valence electrons. The Morgan fingerprint density at radius 3 is 0.926 bits per heavy atom. The predicted octanol–water partition coefficient (Wildman–Crippen LogP) is 14.8. The molecule has 4 aliphatic carbocycles. The third-order valence-corrected chi connectivity index (χ3v) is 13.8. The molecule has 4 aliphatic rings. The average Bonchev–Trinajstić information content (AvgIpc) is 3.26. The standard InChI is InChI=1S/C54H54/c1-7-21-37(22-8-1)49-43-33-19-20-34-44(43)50(38-23-9-2-10-24-38)46-36-48-47(35-45(46)49)51(39-25-11-3-12-26-39)53(41-29-15-5-16-30-41)54(42-31-17-6-18-32-42)52(48)40-27-13-4-14-28-40/h3-6,11-18,25-32,37-38H,1-2,7-10,19-24,33-36H2. The molecule has 0 heteroatoms. The summed E-state index contributed by atoms with van der Waals surface area (Å²) in [4.78, 5) is 0. The van der Waals surface area contributed by atoms with Crippen LogP contribution < -0.4 is 0 Å². The largest absolute Gasteiger partial charge is 0.0622 e. The second kappa shape index (κ2) is 14.9. The van der Waals surface area contributed by atoms with Crippen molar-refractivity contribution in [3.8, 4) is 44.5 Å². The van der Waals surface area contributed by atoms with Crippen LogP contribution in [0.25, 0.3) is 44.5 Å². The Kier molecular flexibility index (Phi) is 9.32. The zero-order chi connectivity index (χ0) is 35.8. The summed E-state index contributed by atoms with van der Waals surface area (Å²) < 4.78 is 0. The highest BCUT2D eigenvalue weighted by atomic mass is 14.4. The van der Waals surface area contributed by atoms with Crippen molar-refractivity contribution in [2.45, 2.75) is 115 Å². The molecule has 0 heterocycles. The molecule has 0 amide bonds. The second-order valence-electron chi connectivity index (χ2n) is 16.9. The van der Waals surface area contributed by atoms with Gasteiger partial charge in [0.1, 0.15) is 0 Å². The molecule has 6 aromatic rings. The van der Waals surface area contributed by atoms with Crippen LogP contribution in [0, 0.1) is 0 Å². The molecule has 0 atom stereocenters. The fourth-order valence-corrected chi connectivity index (χ4v) is 11.6. The fraction of sp³-hybridized carbons (Fsp3) is 0.333. The number of hydrogen-bond acceptors (Lipinski definition) is 0. The molecule has 0 unspecified atom stereocenters. The molecule has 54 heavy (non-hydrogen) atoms. The van der Waals surface area contributed by atoms with E-state index in [1.54, 1.807) is 22.3 Å². The van der Waals surface area contributed by atoms with Crippen molar-refractivity contribution in [2.75, 3.05) is 0 Å². The lowest BCUT2D eigenvalue weighted by Gasteiger charge is -2.40. The molecule has 2 saturated carbocycles. The van der Waals surface area contributed by atoms with Gasteiger partial charge in [-0.05, 0) is 165 Å². The van der Waals surface area contributed by atoms with Crippen molar-refractivity contribution in [1.29, 1.82) is 0 Å². The van der Waals surface area contributed by atoms with Gasteiger partial charge in [-0.2, -0.15) is 0 Å². The first-order chi connectivity index (χ1) is 26.8. The van der Waals surface area contributed by atoms with Gasteiger partial charge in [0.05, 0.1) is 0 Å². The van der Waals surface area contributed by atoms with Crippen LogP contribution in [-0.2, 0) is 25.7 Å². The lowest BCUT2D eigenvalue weighted by Crippen LogP contribution is -2.25. The first-order valence-electron chi connectivity index (χ1n) is 21.5. The van der Waals surface area contributed by atoms with E-state index in [1.807, 2.05) is 22.3 Å². The molecule has 0 spiro atoms. The van der Waals surface area contributed by atoms with Crippen molar-refractivity contribution >= 4 is 0 Å². The number of hydrogen-bond donors (Lipinski definition) is 0.